The zero-order valence-corrected chi connectivity index (χ0v) is 8.31. The summed E-state index contributed by atoms with van der Waals surface area (Å²) in [6, 6.07) is 0. The van der Waals surface area contributed by atoms with Gasteiger partial charge in [0, 0.05) is 11.9 Å². The van der Waals surface area contributed by atoms with Crippen LogP contribution in [0.2, 0.25) is 0 Å². The minimum atomic E-state index is 0.566. The Morgan fingerprint density at radius 1 is 1.36 bits per heavy atom. The molecule has 0 aliphatic carbocycles. The molecule has 0 heterocycles. The molecule has 0 bridgehead atoms. The van der Waals surface area contributed by atoms with Crippen LogP contribution < -0.4 is 0 Å². The first-order valence-electron chi connectivity index (χ1n) is 4.27. The monoisotopic (exact) mass is 153 g/mol. The van der Waals surface area contributed by atoms with Gasteiger partial charge < -0.3 is 0 Å². The molecule has 1 heteroatoms. The second-order valence-corrected chi connectivity index (χ2v) is 3.25. The van der Waals surface area contributed by atoms with Gasteiger partial charge in [0.05, 0.1) is 0 Å². The topological polar surface area (TPSA) is 12.4 Å². The molecule has 11 heavy (non-hydrogen) atoms. The van der Waals surface area contributed by atoms with E-state index in [1.165, 1.54) is 11.3 Å². The van der Waals surface area contributed by atoms with Crippen molar-refractivity contribution < 1.29 is 0 Å². The third-order valence-electron chi connectivity index (χ3n) is 1.88. The Hall–Kier alpha value is -0.590. The average molecular weight is 153 g/mol. The summed E-state index contributed by atoms with van der Waals surface area (Å²) in [5.41, 5.74) is 2.54. The quantitative estimate of drug-likeness (QED) is 0.551. The highest BCUT2D eigenvalue weighted by atomic mass is 14.7. The van der Waals surface area contributed by atoms with Gasteiger partial charge in [-0.1, -0.05) is 26.3 Å². The highest BCUT2D eigenvalue weighted by Crippen LogP contribution is 2.01. The molecule has 0 aliphatic heterocycles. The molecule has 0 fully saturated rings. The minimum Gasteiger partial charge on any atom is -0.266 e. The second-order valence-electron chi connectivity index (χ2n) is 3.25. The molecule has 0 atom stereocenters. The van der Waals surface area contributed by atoms with E-state index in [0.717, 1.165) is 6.42 Å². The summed E-state index contributed by atoms with van der Waals surface area (Å²) in [6.45, 7) is 10.6. The van der Waals surface area contributed by atoms with Gasteiger partial charge in [-0.3, -0.25) is 4.99 Å². The fraction of sp³-hybridized carbons (Fsp3) is 0.700. The zero-order valence-electron chi connectivity index (χ0n) is 8.31. The van der Waals surface area contributed by atoms with Gasteiger partial charge in [0.1, 0.15) is 0 Å². The Morgan fingerprint density at radius 2 is 1.91 bits per heavy atom. The van der Waals surface area contributed by atoms with Crippen LogP contribution >= 0.6 is 0 Å². The maximum atomic E-state index is 4.35. The Kier molecular flexibility index (Phi) is 4.84. The Morgan fingerprint density at radius 3 is 2.27 bits per heavy atom. The van der Waals surface area contributed by atoms with E-state index >= 15 is 0 Å². The summed E-state index contributed by atoms with van der Waals surface area (Å²) in [7, 11) is 0. The number of hydrogen-bond acceptors (Lipinski definition) is 1. The van der Waals surface area contributed by atoms with E-state index in [0.29, 0.717) is 5.92 Å². The third-order valence-corrected chi connectivity index (χ3v) is 1.88. The van der Waals surface area contributed by atoms with Gasteiger partial charge in [-0.05, 0) is 26.2 Å². The Labute approximate surface area is 70.2 Å². The van der Waals surface area contributed by atoms with Crippen molar-refractivity contribution in [3.05, 3.63) is 11.8 Å². The van der Waals surface area contributed by atoms with E-state index in [1.807, 2.05) is 6.20 Å². The van der Waals surface area contributed by atoms with Crippen molar-refractivity contribution in [2.45, 2.75) is 41.0 Å². The van der Waals surface area contributed by atoms with Crippen molar-refractivity contribution in [3.8, 4) is 0 Å². The fourth-order valence-corrected chi connectivity index (χ4v) is 0.452. The van der Waals surface area contributed by atoms with E-state index < -0.39 is 0 Å². The SMILES string of the molecule is CC/C(C)=C/N=C(C)C(C)C. The first-order valence-corrected chi connectivity index (χ1v) is 4.27. The molecule has 0 amide bonds. The van der Waals surface area contributed by atoms with Crippen LogP contribution in [0.25, 0.3) is 0 Å². The van der Waals surface area contributed by atoms with Crippen molar-refractivity contribution in [2.24, 2.45) is 10.9 Å². The van der Waals surface area contributed by atoms with E-state index in [-0.39, 0.29) is 0 Å². The molecule has 0 saturated carbocycles. The predicted octanol–water partition coefficient (Wildman–Crippen LogP) is 3.42. The maximum absolute atomic E-state index is 4.35. The Bertz CT molecular complexity index is 164. The number of rotatable bonds is 3. The lowest BCUT2D eigenvalue weighted by molar-refractivity contribution is 0.877. The molecule has 1 nitrogen and oxygen atoms in total. The van der Waals surface area contributed by atoms with E-state index in [4.69, 9.17) is 0 Å². The van der Waals surface area contributed by atoms with Crippen LogP contribution in [-0.2, 0) is 0 Å². The highest BCUT2D eigenvalue weighted by Gasteiger charge is 1.94. The van der Waals surface area contributed by atoms with Crippen LogP contribution in [0.3, 0.4) is 0 Å². The van der Waals surface area contributed by atoms with Crippen molar-refractivity contribution in [1.82, 2.24) is 0 Å². The molecular weight excluding hydrogens is 134 g/mol. The van der Waals surface area contributed by atoms with Crippen LogP contribution in [0.4, 0.5) is 0 Å². The van der Waals surface area contributed by atoms with Crippen LogP contribution in [0.5, 0.6) is 0 Å². The average Bonchev–Trinajstić information content (AvgIpc) is 1.99. The predicted molar refractivity (Wildman–Crippen MR) is 52.0 cm³/mol. The van der Waals surface area contributed by atoms with E-state index in [2.05, 4.69) is 39.6 Å². The van der Waals surface area contributed by atoms with Crippen LogP contribution in [0.1, 0.15) is 41.0 Å². The standard InChI is InChI=1S/C10H19N/c1-6-9(4)7-11-10(5)8(2)3/h7-8H,6H2,1-5H3/b9-7+,11-10?. The van der Waals surface area contributed by atoms with Gasteiger partial charge in [-0.25, -0.2) is 0 Å². The van der Waals surface area contributed by atoms with Gasteiger partial charge in [-0.2, -0.15) is 0 Å². The number of aliphatic imine (C=N–C) groups is 1. The van der Waals surface area contributed by atoms with Gasteiger partial charge in [-0.15, -0.1) is 0 Å². The summed E-state index contributed by atoms with van der Waals surface area (Å²) < 4.78 is 0. The smallest absolute Gasteiger partial charge is 0.0256 e. The number of nitrogens with zero attached hydrogens (tertiary/aromatic N) is 1. The van der Waals surface area contributed by atoms with E-state index in [9.17, 15) is 0 Å². The summed E-state index contributed by atoms with van der Waals surface area (Å²) in [5.74, 6) is 0.566. The number of hydrogen-bond donors (Lipinski definition) is 0. The van der Waals surface area contributed by atoms with Gasteiger partial charge in [0.2, 0.25) is 0 Å². The van der Waals surface area contributed by atoms with Gasteiger partial charge in [0.25, 0.3) is 0 Å². The van der Waals surface area contributed by atoms with Crippen LogP contribution in [-0.4, -0.2) is 5.71 Å². The molecule has 64 valence electrons. The third kappa shape index (κ3) is 4.77. The summed E-state index contributed by atoms with van der Waals surface area (Å²) in [6.07, 6.45) is 3.06. The van der Waals surface area contributed by atoms with Crippen molar-refractivity contribution in [1.29, 1.82) is 0 Å². The molecule has 0 N–H and O–H groups in total. The molecule has 0 unspecified atom stereocenters. The van der Waals surface area contributed by atoms with Crippen LogP contribution in [0.15, 0.2) is 16.8 Å². The lowest BCUT2D eigenvalue weighted by atomic mass is 10.1. The van der Waals surface area contributed by atoms with Crippen LogP contribution in [0, 0.1) is 5.92 Å². The van der Waals surface area contributed by atoms with E-state index in [1.54, 1.807) is 0 Å². The molecule has 0 aromatic rings. The minimum absolute atomic E-state index is 0.566. The summed E-state index contributed by atoms with van der Waals surface area (Å²) in [4.78, 5) is 4.35. The maximum Gasteiger partial charge on any atom is 0.0256 e. The molecule has 0 aromatic heterocycles. The molecule has 0 spiro atoms. The molecule has 0 saturated heterocycles. The highest BCUT2D eigenvalue weighted by molar-refractivity contribution is 5.84. The van der Waals surface area contributed by atoms with Gasteiger partial charge in [0.15, 0.2) is 0 Å². The summed E-state index contributed by atoms with van der Waals surface area (Å²) in [5, 5.41) is 0. The van der Waals surface area contributed by atoms with Gasteiger partial charge >= 0.3 is 0 Å². The first kappa shape index (κ1) is 10.4. The van der Waals surface area contributed by atoms with Crippen molar-refractivity contribution >= 4 is 5.71 Å². The fourth-order valence-electron chi connectivity index (χ4n) is 0.452. The lowest BCUT2D eigenvalue weighted by Crippen LogP contribution is -2.00. The summed E-state index contributed by atoms with van der Waals surface area (Å²) >= 11 is 0. The molecule has 0 aliphatic rings. The van der Waals surface area contributed by atoms with Crippen molar-refractivity contribution in [2.75, 3.05) is 0 Å². The van der Waals surface area contributed by atoms with Crippen molar-refractivity contribution in [3.63, 3.8) is 0 Å². The zero-order chi connectivity index (χ0) is 8.85. The first-order chi connectivity index (χ1) is 5.07. The Balaban J connectivity index is 4.11. The second kappa shape index (κ2) is 5.11. The largest absolute Gasteiger partial charge is 0.266 e. The lowest BCUT2D eigenvalue weighted by Gasteiger charge is -2.01. The molecule has 0 rings (SSSR count). The normalized spacial score (nSPS) is 14.4. The molecule has 0 radical (unpaired) electrons. The molecule has 0 aromatic carbocycles. The number of allylic oxidation sites excluding steroid dienone is 1. The molecular formula is C10H19N.